The van der Waals surface area contributed by atoms with Crippen LogP contribution in [0.5, 0.6) is 0 Å². The molecular formula is C21H26N4O4. The smallest absolute Gasteiger partial charge is 0.255 e. The quantitative estimate of drug-likeness (QED) is 0.604. The van der Waals surface area contributed by atoms with Gasteiger partial charge in [0.2, 0.25) is 11.8 Å². The highest BCUT2D eigenvalue weighted by Crippen LogP contribution is 2.44. The maximum absolute atomic E-state index is 12.9. The molecule has 1 aromatic rings. The van der Waals surface area contributed by atoms with Crippen LogP contribution in [0.1, 0.15) is 47.2 Å². The van der Waals surface area contributed by atoms with E-state index in [1.54, 1.807) is 4.90 Å². The first-order chi connectivity index (χ1) is 14.0. The Bertz CT molecular complexity index is 887. The first-order valence-corrected chi connectivity index (χ1v) is 10.3. The zero-order valence-electron chi connectivity index (χ0n) is 16.3. The number of fused-ring (bicyclic) bond motifs is 3. The molecule has 5 rings (SSSR count). The van der Waals surface area contributed by atoms with Crippen LogP contribution in [0.4, 0.5) is 0 Å². The number of rotatable bonds is 5. The SMILES string of the molecule is NC[C@@]12C[C@H](CO1)[C@@H](NCc1cccc3c1CN(C1CCC(=O)NC1=O)C3=O)C2. The van der Waals surface area contributed by atoms with Crippen molar-refractivity contribution in [3.63, 3.8) is 0 Å². The molecule has 0 radical (unpaired) electrons. The number of amides is 3. The Labute approximate surface area is 169 Å². The van der Waals surface area contributed by atoms with Gasteiger partial charge >= 0.3 is 0 Å². The zero-order chi connectivity index (χ0) is 20.2. The number of carbonyl (C=O) groups is 3. The maximum atomic E-state index is 12.9. The molecule has 154 valence electrons. The lowest BCUT2D eigenvalue weighted by molar-refractivity contribution is -0.136. The second-order valence-corrected chi connectivity index (χ2v) is 8.70. The van der Waals surface area contributed by atoms with Crippen molar-refractivity contribution in [3.05, 3.63) is 34.9 Å². The van der Waals surface area contributed by atoms with Crippen LogP contribution < -0.4 is 16.4 Å². The van der Waals surface area contributed by atoms with Gasteiger partial charge in [-0.1, -0.05) is 12.1 Å². The van der Waals surface area contributed by atoms with Crippen molar-refractivity contribution in [1.29, 1.82) is 0 Å². The van der Waals surface area contributed by atoms with Crippen LogP contribution in [-0.2, 0) is 27.4 Å². The molecule has 3 fully saturated rings. The minimum absolute atomic E-state index is 0.133. The monoisotopic (exact) mass is 398 g/mol. The summed E-state index contributed by atoms with van der Waals surface area (Å²) in [6, 6.07) is 5.54. The molecule has 1 aromatic carbocycles. The topological polar surface area (TPSA) is 114 Å². The number of piperidine rings is 1. The van der Waals surface area contributed by atoms with Crippen LogP contribution in [0.25, 0.3) is 0 Å². The lowest BCUT2D eigenvalue weighted by atomic mass is 10.0. The second kappa shape index (κ2) is 6.90. The number of nitrogens with one attached hydrogen (secondary N) is 2. The van der Waals surface area contributed by atoms with E-state index in [0.717, 1.165) is 30.6 Å². The first-order valence-electron chi connectivity index (χ1n) is 10.3. The highest BCUT2D eigenvalue weighted by atomic mass is 16.5. The van der Waals surface area contributed by atoms with Gasteiger partial charge in [-0.05, 0) is 36.5 Å². The summed E-state index contributed by atoms with van der Waals surface area (Å²) in [5.41, 5.74) is 8.46. The van der Waals surface area contributed by atoms with Crippen molar-refractivity contribution in [1.82, 2.24) is 15.5 Å². The number of imide groups is 1. The molecule has 3 heterocycles. The van der Waals surface area contributed by atoms with Gasteiger partial charge in [0.05, 0.1) is 12.2 Å². The van der Waals surface area contributed by atoms with Crippen molar-refractivity contribution in [2.75, 3.05) is 13.2 Å². The van der Waals surface area contributed by atoms with Crippen molar-refractivity contribution < 1.29 is 19.1 Å². The van der Waals surface area contributed by atoms with Gasteiger partial charge in [0.1, 0.15) is 6.04 Å². The predicted molar refractivity (Wildman–Crippen MR) is 104 cm³/mol. The number of hydrogen-bond donors (Lipinski definition) is 3. The Morgan fingerprint density at radius 2 is 2.14 bits per heavy atom. The van der Waals surface area contributed by atoms with Gasteiger partial charge in [0, 0.05) is 43.6 Å². The van der Waals surface area contributed by atoms with Crippen molar-refractivity contribution in [2.45, 2.75) is 56.5 Å². The Morgan fingerprint density at radius 1 is 1.28 bits per heavy atom. The zero-order valence-corrected chi connectivity index (χ0v) is 16.3. The molecule has 8 nitrogen and oxygen atoms in total. The summed E-state index contributed by atoms with van der Waals surface area (Å²) in [5, 5.41) is 6.00. The summed E-state index contributed by atoms with van der Waals surface area (Å²) in [4.78, 5) is 38.2. The van der Waals surface area contributed by atoms with Gasteiger partial charge in [-0.3, -0.25) is 19.7 Å². The van der Waals surface area contributed by atoms with E-state index in [-0.39, 0.29) is 29.7 Å². The Kier molecular flexibility index (Phi) is 4.45. The summed E-state index contributed by atoms with van der Waals surface area (Å²) in [6.45, 7) is 2.38. The number of carbonyl (C=O) groups excluding carboxylic acids is 3. The molecule has 4 N–H and O–H groups in total. The molecule has 29 heavy (non-hydrogen) atoms. The fraction of sp³-hybridized carbons (Fsp3) is 0.571. The highest BCUT2D eigenvalue weighted by molar-refractivity contribution is 6.05. The molecule has 4 atom stereocenters. The van der Waals surface area contributed by atoms with E-state index in [4.69, 9.17) is 10.5 Å². The number of nitrogens with two attached hydrogens (primary N) is 1. The van der Waals surface area contributed by atoms with E-state index in [2.05, 4.69) is 10.6 Å². The summed E-state index contributed by atoms with van der Waals surface area (Å²) >= 11 is 0. The van der Waals surface area contributed by atoms with Gasteiger partial charge in [-0.2, -0.15) is 0 Å². The minimum Gasteiger partial charge on any atom is -0.373 e. The molecule has 3 aliphatic heterocycles. The Balaban J connectivity index is 1.30. The highest BCUT2D eigenvalue weighted by Gasteiger charge is 2.51. The molecule has 2 saturated heterocycles. The summed E-state index contributed by atoms with van der Waals surface area (Å²) in [6.07, 6.45) is 2.57. The molecule has 3 amide bonds. The molecule has 8 heteroatoms. The average molecular weight is 398 g/mol. The molecule has 1 saturated carbocycles. The van der Waals surface area contributed by atoms with E-state index in [0.29, 0.717) is 43.6 Å². The van der Waals surface area contributed by atoms with Gasteiger partial charge < -0.3 is 20.7 Å². The van der Waals surface area contributed by atoms with Gasteiger partial charge in [0.25, 0.3) is 5.91 Å². The van der Waals surface area contributed by atoms with E-state index in [1.165, 1.54) is 0 Å². The average Bonchev–Trinajstić information content (AvgIpc) is 3.39. The van der Waals surface area contributed by atoms with Crippen molar-refractivity contribution in [2.24, 2.45) is 11.7 Å². The van der Waals surface area contributed by atoms with Crippen LogP contribution in [0.2, 0.25) is 0 Å². The molecule has 1 aliphatic carbocycles. The normalized spacial score (nSPS) is 33.3. The third-order valence-electron chi connectivity index (χ3n) is 7.00. The van der Waals surface area contributed by atoms with Gasteiger partial charge in [0.15, 0.2) is 0 Å². The minimum atomic E-state index is -0.583. The van der Waals surface area contributed by atoms with Crippen LogP contribution in [-0.4, -0.2) is 53.5 Å². The van der Waals surface area contributed by atoms with Crippen LogP contribution in [0, 0.1) is 5.92 Å². The van der Waals surface area contributed by atoms with E-state index in [1.807, 2.05) is 18.2 Å². The van der Waals surface area contributed by atoms with Crippen molar-refractivity contribution in [3.8, 4) is 0 Å². The van der Waals surface area contributed by atoms with Gasteiger partial charge in [-0.25, -0.2) is 0 Å². The van der Waals surface area contributed by atoms with E-state index in [9.17, 15) is 14.4 Å². The molecular weight excluding hydrogens is 372 g/mol. The molecule has 0 aromatic heterocycles. The second-order valence-electron chi connectivity index (χ2n) is 8.70. The van der Waals surface area contributed by atoms with Crippen LogP contribution >= 0.6 is 0 Å². The lowest BCUT2D eigenvalue weighted by Gasteiger charge is -2.30. The Morgan fingerprint density at radius 3 is 2.90 bits per heavy atom. The largest absolute Gasteiger partial charge is 0.373 e. The third-order valence-corrected chi connectivity index (χ3v) is 7.00. The van der Waals surface area contributed by atoms with Gasteiger partial charge in [-0.15, -0.1) is 0 Å². The Hall–Kier alpha value is -2.29. The fourth-order valence-electron chi connectivity index (χ4n) is 5.37. The van der Waals surface area contributed by atoms with Crippen LogP contribution in [0.15, 0.2) is 18.2 Å². The number of benzene rings is 1. The predicted octanol–water partition coefficient (Wildman–Crippen LogP) is 0.0435. The molecule has 0 spiro atoms. The van der Waals surface area contributed by atoms with Crippen LogP contribution in [0.3, 0.4) is 0 Å². The third kappa shape index (κ3) is 3.06. The molecule has 4 aliphatic rings. The first kappa shape index (κ1) is 18.7. The van der Waals surface area contributed by atoms with E-state index < -0.39 is 6.04 Å². The van der Waals surface area contributed by atoms with E-state index >= 15 is 0 Å². The number of nitrogens with zero attached hydrogens (tertiary/aromatic N) is 1. The van der Waals surface area contributed by atoms with Crippen molar-refractivity contribution >= 4 is 17.7 Å². The summed E-state index contributed by atoms with van der Waals surface area (Å²) in [5.74, 6) is -0.301. The number of hydrogen-bond acceptors (Lipinski definition) is 6. The fourth-order valence-corrected chi connectivity index (χ4v) is 5.37. The number of ether oxygens (including phenoxy) is 1. The maximum Gasteiger partial charge on any atom is 0.255 e. The summed E-state index contributed by atoms with van der Waals surface area (Å²) < 4.78 is 5.88. The molecule has 1 unspecified atom stereocenters. The standard InChI is InChI=1S/C21H26N4O4/c22-11-21-6-13(10-29-21)16(7-21)23-8-12-2-1-3-14-15(12)9-25(20(14)28)17-4-5-18(26)24-19(17)27/h1-3,13,16-17,23H,4-11,22H2,(H,24,26,27)/t13-,16+,17?,21+/m1/s1. The molecule has 2 bridgehead atoms. The lowest BCUT2D eigenvalue weighted by Crippen LogP contribution is -2.52. The summed E-state index contributed by atoms with van der Waals surface area (Å²) in [7, 11) is 0.